The van der Waals surface area contributed by atoms with E-state index in [0.717, 1.165) is 31.5 Å². The van der Waals surface area contributed by atoms with Crippen LogP contribution in [0.15, 0.2) is 30.3 Å². The summed E-state index contributed by atoms with van der Waals surface area (Å²) in [7, 11) is 0. The molecule has 106 valence electrons. The van der Waals surface area contributed by atoms with Gasteiger partial charge in [0.1, 0.15) is 0 Å². The van der Waals surface area contributed by atoms with Gasteiger partial charge in [0.15, 0.2) is 5.78 Å². The lowest BCUT2D eigenvalue weighted by Crippen LogP contribution is -2.43. The van der Waals surface area contributed by atoms with Crippen molar-refractivity contribution in [3.05, 3.63) is 35.9 Å². The van der Waals surface area contributed by atoms with E-state index in [1.807, 2.05) is 30.3 Å². The third-order valence-electron chi connectivity index (χ3n) is 3.84. The Bertz CT molecular complexity index is 374. The van der Waals surface area contributed by atoms with Crippen LogP contribution in [-0.4, -0.2) is 29.8 Å². The third kappa shape index (κ3) is 4.46. The Labute approximate surface area is 117 Å². The molecular formula is C17H27NO. The number of hydrogen-bond donors (Lipinski definition) is 0. The monoisotopic (exact) mass is 261 g/mol. The molecule has 2 atom stereocenters. The van der Waals surface area contributed by atoms with Gasteiger partial charge in [0.05, 0.1) is 6.04 Å². The maximum Gasteiger partial charge on any atom is 0.179 e. The van der Waals surface area contributed by atoms with Crippen molar-refractivity contribution in [2.24, 2.45) is 5.92 Å². The average molecular weight is 261 g/mol. The van der Waals surface area contributed by atoms with Crippen molar-refractivity contribution < 1.29 is 4.79 Å². The number of likely N-dealkylation sites (N-methyl/N-ethyl adjacent to an activating group) is 1. The molecule has 0 aromatic heterocycles. The molecule has 0 aliphatic heterocycles. The van der Waals surface area contributed by atoms with E-state index in [0.29, 0.717) is 5.92 Å². The smallest absolute Gasteiger partial charge is 0.179 e. The first-order chi connectivity index (χ1) is 9.13. The molecule has 2 heteroatoms. The summed E-state index contributed by atoms with van der Waals surface area (Å²) in [5, 5.41) is 0. The second-order valence-corrected chi connectivity index (χ2v) is 5.26. The van der Waals surface area contributed by atoms with E-state index in [9.17, 15) is 4.79 Å². The maximum absolute atomic E-state index is 12.6. The summed E-state index contributed by atoms with van der Waals surface area (Å²) in [5.41, 5.74) is 0.831. The zero-order chi connectivity index (χ0) is 14.3. The molecule has 0 amide bonds. The van der Waals surface area contributed by atoms with E-state index in [-0.39, 0.29) is 11.8 Å². The number of carbonyl (C=O) groups excluding carboxylic acids is 1. The van der Waals surface area contributed by atoms with Crippen LogP contribution in [0.3, 0.4) is 0 Å². The van der Waals surface area contributed by atoms with Crippen molar-refractivity contribution >= 4 is 5.78 Å². The molecule has 0 radical (unpaired) electrons. The SMILES string of the molecule is CCC(C)CN(CC)C(CC)C(=O)c1ccccc1. The molecule has 0 saturated carbocycles. The number of hydrogen-bond acceptors (Lipinski definition) is 2. The lowest BCUT2D eigenvalue weighted by atomic mass is 9.99. The summed E-state index contributed by atoms with van der Waals surface area (Å²) in [6.07, 6.45) is 2.03. The van der Waals surface area contributed by atoms with Crippen LogP contribution in [0.25, 0.3) is 0 Å². The van der Waals surface area contributed by atoms with Crippen molar-refractivity contribution in [2.45, 2.75) is 46.6 Å². The van der Waals surface area contributed by atoms with Gasteiger partial charge in [0.25, 0.3) is 0 Å². The van der Waals surface area contributed by atoms with Gasteiger partial charge >= 0.3 is 0 Å². The van der Waals surface area contributed by atoms with Crippen LogP contribution >= 0.6 is 0 Å². The lowest BCUT2D eigenvalue weighted by molar-refractivity contribution is 0.0795. The van der Waals surface area contributed by atoms with Crippen LogP contribution in [0, 0.1) is 5.92 Å². The minimum absolute atomic E-state index is 0.0152. The second-order valence-electron chi connectivity index (χ2n) is 5.26. The topological polar surface area (TPSA) is 20.3 Å². The van der Waals surface area contributed by atoms with Gasteiger partial charge in [0.2, 0.25) is 0 Å². The van der Waals surface area contributed by atoms with Crippen molar-refractivity contribution in [2.75, 3.05) is 13.1 Å². The molecule has 0 aliphatic carbocycles. The van der Waals surface area contributed by atoms with Crippen LogP contribution in [0.1, 0.15) is 50.9 Å². The van der Waals surface area contributed by atoms with Gasteiger partial charge in [-0.2, -0.15) is 0 Å². The molecule has 2 unspecified atom stereocenters. The number of rotatable bonds is 8. The fourth-order valence-corrected chi connectivity index (χ4v) is 2.41. The first-order valence-electron chi connectivity index (χ1n) is 7.47. The zero-order valence-electron chi connectivity index (χ0n) is 12.7. The molecule has 0 spiro atoms. The van der Waals surface area contributed by atoms with E-state index < -0.39 is 0 Å². The Balaban J connectivity index is 2.83. The molecule has 1 aromatic carbocycles. The number of nitrogens with zero attached hydrogens (tertiary/aromatic N) is 1. The van der Waals surface area contributed by atoms with E-state index in [4.69, 9.17) is 0 Å². The van der Waals surface area contributed by atoms with Crippen molar-refractivity contribution in [3.63, 3.8) is 0 Å². The summed E-state index contributed by atoms with van der Waals surface area (Å²) < 4.78 is 0. The van der Waals surface area contributed by atoms with E-state index in [2.05, 4.69) is 32.6 Å². The van der Waals surface area contributed by atoms with Gasteiger partial charge in [-0.05, 0) is 18.9 Å². The molecule has 0 aliphatic rings. The molecular weight excluding hydrogens is 234 g/mol. The van der Waals surface area contributed by atoms with Crippen molar-refractivity contribution in [1.29, 1.82) is 0 Å². The Morgan fingerprint density at radius 3 is 2.21 bits per heavy atom. The minimum Gasteiger partial charge on any atom is -0.293 e. The van der Waals surface area contributed by atoms with Crippen LogP contribution in [0.4, 0.5) is 0 Å². The Morgan fingerprint density at radius 1 is 1.11 bits per heavy atom. The molecule has 1 rings (SSSR count). The predicted molar refractivity (Wildman–Crippen MR) is 81.6 cm³/mol. The molecule has 0 saturated heterocycles. The number of benzene rings is 1. The Kier molecular flexibility index (Phi) is 6.79. The summed E-state index contributed by atoms with van der Waals surface area (Å²) in [6.45, 7) is 10.6. The first kappa shape index (κ1) is 15.9. The largest absolute Gasteiger partial charge is 0.293 e. The van der Waals surface area contributed by atoms with Crippen LogP contribution in [0.2, 0.25) is 0 Å². The lowest BCUT2D eigenvalue weighted by Gasteiger charge is -2.31. The summed E-state index contributed by atoms with van der Waals surface area (Å²) in [6, 6.07) is 9.68. The fraction of sp³-hybridized carbons (Fsp3) is 0.588. The minimum atomic E-state index is 0.0152. The molecule has 0 fully saturated rings. The molecule has 0 N–H and O–H groups in total. The third-order valence-corrected chi connectivity index (χ3v) is 3.84. The summed E-state index contributed by atoms with van der Waals surface area (Å²) in [4.78, 5) is 14.9. The Hall–Kier alpha value is -1.15. The van der Waals surface area contributed by atoms with Crippen LogP contribution in [-0.2, 0) is 0 Å². The van der Waals surface area contributed by atoms with Gasteiger partial charge in [-0.3, -0.25) is 9.69 Å². The van der Waals surface area contributed by atoms with Gasteiger partial charge in [-0.15, -0.1) is 0 Å². The number of Topliss-reactive ketones (excluding diaryl/α,β-unsaturated/α-hetero) is 1. The quantitative estimate of drug-likeness (QED) is 0.659. The second kappa shape index (κ2) is 8.11. The van der Waals surface area contributed by atoms with E-state index in [1.165, 1.54) is 0 Å². The molecule has 0 bridgehead atoms. The summed E-state index contributed by atoms with van der Waals surface area (Å²) >= 11 is 0. The standard InChI is InChI=1S/C17H27NO/c1-5-14(4)13-18(7-3)16(6-2)17(19)15-11-9-8-10-12-15/h8-12,14,16H,5-7,13H2,1-4H3. The zero-order valence-corrected chi connectivity index (χ0v) is 12.7. The average Bonchev–Trinajstić information content (AvgIpc) is 2.47. The van der Waals surface area contributed by atoms with Crippen molar-refractivity contribution in [3.8, 4) is 0 Å². The highest BCUT2D eigenvalue weighted by Gasteiger charge is 2.24. The molecule has 19 heavy (non-hydrogen) atoms. The highest BCUT2D eigenvalue weighted by molar-refractivity contribution is 6.00. The maximum atomic E-state index is 12.6. The molecule has 0 heterocycles. The predicted octanol–water partition coefficient (Wildman–Crippen LogP) is 4.02. The van der Waals surface area contributed by atoms with Crippen LogP contribution in [0.5, 0.6) is 0 Å². The molecule has 1 aromatic rings. The normalized spacial score (nSPS) is 14.4. The first-order valence-corrected chi connectivity index (χ1v) is 7.47. The number of ketones is 1. The highest BCUT2D eigenvalue weighted by Crippen LogP contribution is 2.15. The van der Waals surface area contributed by atoms with Gasteiger partial charge in [-0.1, -0.05) is 64.4 Å². The van der Waals surface area contributed by atoms with Gasteiger partial charge < -0.3 is 0 Å². The van der Waals surface area contributed by atoms with Crippen LogP contribution < -0.4 is 0 Å². The Morgan fingerprint density at radius 2 is 1.74 bits per heavy atom. The van der Waals surface area contributed by atoms with E-state index in [1.54, 1.807) is 0 Å². The van der Waals surface area contributed by atoms with Crippen molar-refractivity contribution in [1.82, 2.24) is 4.90 Å². The fourth-order valence-electron chi connectivity index (χ4n) is 2.41. The van der Waals surface area contributed by atoms with Gasteiger partial charge in [-0.25, -0.2) is 0 Å². The number of carbonyl (C=O) groups is 1. The van der Waals surface area contributed by atoms with E-state index >= 15 is 0 Å². The van der Waals surface area contributed by atoms with Gasteiger partial charge in [0, 0.05) is 12.1 Å². The molecule has 2 nitrogen and oxygen atoms in total. The highest BCUT2D eigenvalue weighted by atomic mass is 16.1. The summed E-state index contributed by atoms with van der Waals surface area (Å²) in [5.74, 6) is 0.894.